The molecule has 0 bridgehead atoms. The number of anilines is 1. The van der Waals surface area contributed by atoms with Crippen LogP contribution in [0.5, 0.6) is 0 Å². The molecule has 1 aliphatic rings. The number of fused-ring (bicyclic) bond motifs is 1. The van der Waals surface area contributed by atoms with Crippen molar-refractivity contribution in [3.8, 4) is 0 Å². The van der Waals surface area contributed by atoms with Crippen LogP contribution in [-0.2, 0) is 0 Å². The van der Waals surface area contributed by atoms with E-state index < -0.39 is 0 Å². The van der Waals surface area contributed by atoms with E-state index in [0.717, 1.165) is 31.9 Å². The van der Waals surface area contributed by atoms with Gasteiger partial charge in [-0.1, -0.05) is 31.2 Å². The molecule has 3 rings (SSSR count). The summed E-state index contributed by atoms with van der Waals surface area (Å²) >= 11 is 0. The van der Waals surface area contributed by atoms with Crippen molar-refractivity contribution in [1.29, 1.82) is 0 Å². The number of rotatable bonds is 4. The quantitative estimate of drug-likeness (QED) is 0.910. The number of nitrogens with zero attached hydrogens (tertiary/aromatic N) is 2. The SMILES string of the molecule is CCCN(c1nccc2ccccc12)C1CCNC1. The lowest BCUT2D eigenvalue weighted by atomic mass is 10.1. The highest BCUT2D eigenvalue weighted by molar-refractivity contribution is 5.92. The fourth-order valence-corrected chi connectivity index (χ4v) is 2.94. The Hall–Kier alpha value is -1.61. The van der Waals surface area contributed by atoms with Gasteiger partial charge in [0.1, 0.15) is 5.82 Å². The highest BCUT2D eigenvalue weighted by atomic mass is 15.2. The molecule has 1 aromatic heterocycles. The first-order valence-corrected chi connectivity index (χ1v) is 7.21. The van der Waals surface area contributed by atoms with Crippen LogP contribution in [0.15, 0.2) is 36.5 Å². The molecule has 1 atom stereocenters. The molecule has 0 saturated carbocycles. The van der Waals surface area contributed by atoms with Crippen LogP contribution in [0.4, 0.5) is 5.82 Å². The minimum atomic E-state index is 0.582. The smallest absolute Gasteiger partial charge is 0.136 e. The fraction of sp³-hybridized carbons (Fsp3) is 0.438. The lowest BCUT2D eigenvalue weighted by Gasteiger charge is -2.30. The molecule has 0 radical (unpaired) electrons. The first kappa shape index (κ1) is 12.4. The van der Waals surface area contributed by atoms with Crippen molar-refractivity contribution in [3.63, 3.8) is 0 Å². The molecule has 1 saturated heterocycles. The molecular weight excluding hydrogens is 234 g/mol. The highest BCUT2D eigenvalue weighted by Gasteiger charge is 2.23. The maximum absolute atomic E-state index is 4.67. The van der Waals surface area contributed by atoms with Crippen LogP contribution in [0.25, 0.3) is 10.8 Å². The Kier molecular flexibility index (Phi) is 3.65. The third-order valence-corrected chi connectivity index (χ3v) is 3.86. The van der Waals surface area contributed by atoms with Crippen molar-refractivity contribution in [2.45, 2.75) is 25.8 Å². The molecular formula is C16H21N3. The van der Waals surface area contributed by atoms with Crippen molar-refractivity contribution in [3.05, 3.63) is 36.5 Å². The van der Waals surface area contributed by atoms with E-state index in [-0.39, 0.29) is 0 Å². The van der Waals surface area contributed by atoms with Crippen molar-refractivity contribution >= 4 is 16.6 Å². The van der Waals surface area contributed by atoms with E-state index >= 15 is 0 Å². The van der Waals surface area contributed by atoms with E-state index in [1.54, 1.807) is 0 Å². The van der Waals surface area contributed by atoms with Crippen LogP contribution < -0.4 is 10.2 Å². The lowest BCUT2D eigenvalue weighted by Crippen LogP contribution is -2.38. The monoisotopic (exact) mass is 255 g/mol. The molecule has 100 valence electrons. The Morgan fingerprint density at radius 2 is 2.21 bits per heavy atom. The topological polar surface area (TPSA) is 28.2 Å². The molecule has 19 heavy (non-hydrogen) atoms. The molecule has 3 heteroatoms. The molecule has 3 nitrogen and oxygen atoms in total. The third kappa shape index (κ3) is 2.43. The van der Waals surface area contributed by atoms with Crippen molar-refractivity contribution < 1.29 is 0 Å². The molecule has 2 heterocycles. The molecule has 1 aliphatic heterocycles. The van der Waals surface area contributed by atoms with E-state index in [0.29, 0.717) is 6.04 Å². The minimum absolute atomic E-state index is 0.582. The highest BCUT2D eigenvalue weighted by Crippen LogP contribution is 2.27. The number of pyridine rings is 1. The van der Waals surface area contributed by atoms with Gasteiger partial charge in [-0.3, -0.25) is 0 Å². The van der Waals surface area contributed by atoms with Gasteiger partial charge in [0, 0.05) is 30.7 Å². The van der Waals surface area contributed by atoms with E-state index in [1.165, 1.54) is 17.2 Å². The van der Waals surface area contributed by atoms with Gasteiger partial charge in [0.2, 0.25) is 0 Å². The van der Waals surface area contributed by atoms with Gasteiger partial charge in [-0.2, -0.15) is 0 Å². The van der Waals surface area contributed by atoms with Gasteiger partial charge in [0.25, 0.3) is 0 Å². The van der Waals surface area contributed by atoms with E-state index in [9.17, 15) is 0 Å². The Morgan fingerprint density at radius 3 is 3.00 bits per heavy atom. The second kappa shape index (κ2) is 5.57. The van der Waals surface area contributed by atoms with Crippen molar-refractivity contribution in [2.24, 2.45) is 0 Å². The summed E-state index contributed by atoms with van der Waals surface area (Å²) in [6.07, 6.45) is 4.30. The predicted octanol–water partition coefficient (Wildman–Crippen LogP) is 2.81. The van der Waals surface area contributed by atoms with Crippen LogP contribution in [-0.4, -0.2) is 30.7 Å². The molecule has 2 aromatic rings. The lowest BCUT2D eigenvalue weighted by molar-refractivity contribution is 0.620. The average Bonchev–Trinajstić information content (AvgIpc) is 2.98. The average molecular weight is 255 g/mol. The Balaban J connectivity index is 2.03. The summed E-state index contributed by atoms with van der Waals surface area (Å²) in [7, 11) is 0. The fourth-order valence-electron chi connectivity index (χ4n) is 2.94. The van der Waals surface area contributed by atoms with E-state index in [2.05, 4.69) is 52.5 Å². The summed E-state index contributed by atoms with van der Waals surface area (Å²) in [5.41, 5.74) is 0. The van der Waals surface area contributed by atoms with Crippen molar-refractivity contribution in [1.82, 2.24) is 10.3 Å². The molecule has 0 spiro atoms. The van der Waals surface area contributed by atoms with Crippen LogP contribution in [0, 0.1) is 0 Å². The summed E-state index contributed by atoms with van der Waals surface area (Å²) in [5.74, 6) is 1.15. The zero-order valence-corrected chi connectivity index (χ0v) is 11.5. The molecule has 1 unspecified atom stereocenters. The van der Waals surface area contributed by atoms with Crippen LogP contribution >= 0.6 is 0 Å². The summed E-state index contributed by atoms with van der Waals surface area (Å²) in [6.45, 7) is 5.51. The molecule has 1 aromatic carbocycles. The van der Waals surface area contributed by atoms with Gasteiger partial charge in [-0.25, -0.2) is 4.98 Å². The van der Waals surface area contributed by atoms with Crippen LogP contribution in [0.3, 0.4) is 0 Å². The summed E-state index contributed by atoms with van der Waals surface area (Å²) in [6, 6.07) is 11.2. The zero-order valence-electron chi connectivity index (χ0n) is 11.5. The summed E-state index contributed by atoms with van der Waals surface area (Å²) in [4.78, 5) is 7.16. The van der Waals surface area contributed by atoms with E-state index in [4.69, 9.17) is 0 Å². The molecule has 1 N–H and O–H groups in total. The van der Waals surface area contributed by atoms with Gasteiger partial charge in [-0.15, -0.1) is 0 Å². The van der Waals surface area contributed by atoms with Gasteiger partial charge >= 0.3 is 0 Å². The number of aromatic nitrogens is 1. The van der Waals surface area contributed by atoms with Crippen molar-refractivity contribution in [2.75, 3.05) is 24.5 Å². The molecule has 1 fully saturated rings. The maximum atomic E-state index is 4.67. The standard InChI is InChI=1S/C16H21N3/c1-2-11-19(14-8-9-17-12-14)16-15-6-4-3-5-13(15)7-10-18-16/h3-7,10,14,17H,2,8-9,11-12H2,1H3. The number of hydrogen-bond acceptors (Lipinski definition) is 3. The number of nitrogens with one attached hydrogen (secondary N) is 1. The van der Waals surface area contributed by atoms with Gasteiger partial charge in [-0.05, 0) is 30.8 Å². The van der Waals surface area contributed by atoms with E-state index in [1.807, 2.05) is 6.20 Å². The maximum Gasteiger partial charge on any atom is 0.136 e. The Morgan fingerprint density at radius 1 is 1.32 bits per heavy atom. The summed E-state index contributed by atoms with van der Waals surface area (Å²) in [5, 5.41) is 6.01. The first-order chi connectivity index (χ1) is 9.40. The molecule has 0 aliphatic carbocycles. The van der Waals surface area contributed by atoms with Gasteiger partial charge < -0.3 is 10.2 Å². The number of benzene rings is 1. The zero-order chi connectivity index (χ0) is 13.1. The minimum Gasteiger partial charge on any atom is -0.352 e. The predicted molar refractivity (Wildman–Crippen MR) is 80.7 cm³/mol. The summed E-state index contributed by atoms with van der Waals surface area (Å²) < 4.78 is 0. The number of hydrogen-bond donors (Lipinski definition) is 1. The molecule has 0 amide bonds. The van der Waals surface area contributed by atoms with Gasteiger partial charge in [0.15, 0.2) is 0 Å². The van der Waals surface area contributed by atoms with Gasteiger partial charge in [0.05, 0.1) is 0 Å². The third-order valence-electron chi connectivity index (χ3n) is 3.86. The van der Waals surface area contributed by atoms with Crippen LogP contribution in [0.2, 0.25) is 0 Å². The largest absolute Gasteiger partial charge is 0.352 e. The second-order valence-electron chi connectivity index (χ2n) is 5.20. The van der Waals surface area contributed by atoms with Crippen LogP contribution in [0.1, 0.15) is 19.8 Å². The second-order valence-corrected chi connectivity index (χ2v) is 5.20. The Bertz CT molecular complexity index is 541. The Labute approximate surface area is 114 Å². The normalized spacial score (nSPS) is 18.9. The first-order valence-electron chi connectivity index (χ1n) is 7.21.